The fourth-order valence-corrected chi connectivity index (χ4v) is 8.44. The molecule has 0 atom stereocenters. The van der Waals surface area contributed by atoms with Gasteiger partial charge < -0.3 is 13.6 Å². The summed E-state index contributed by atoms with van der Waals surface area (Å²) in [7, 11) is -4.21. The minimum absolute atomic E-state index is 0.608. The Morgan fingerprint density at radius 3 is 0.849 bits per heavy atom. The molecule has 296 valence electrons. The monoisotopic (exact) mass is 747 g/mol. The van der Waals surface area contributed by atoms with Gasteiger partial charge in [-0.15, -0.1) is 0 Å². The second-order valence-corrected chi connectivity index (χ2v) is 16.7. The van der Waals surface area contributed by atoms with Crippen LogP contribution in [0.2, 0.25) is 0 Å². The molecule has 0 heterocycles. The lowest BCUT2D eigenvalue weighted by atomic mass is 10.0. The van der Waals surface area contributed by atoms with Gasteiger partial charge in [-0.05, 0) is 129 Å². The van der Waals surface area contributed by atoms with Crippen LogP contribution in [0.4, 0.5) is 0 Å². The molecule has 0 amide bonds. The molecule has 53 heavy (non-hydrogen) atoms. The number of phosphoric acid groups is 1. The first-order chi connectivity index (χ1) is 25.9. The first kappa shape index (κ1) is 44.7. The number of phosphoric ester groups is 1. The largest absolute Gasteiger partial charge is 0.647 e. The van der Waals surface area contributed by atoms with Crippen LogP contribution in [-0.2, 0) is 43.1 Å². The molecule has 3 rings (SSSR count). The van der Waals surface area contributed by atoms with Gasteiger partial charge in [0.15, 0.2) is 0 Å². The highest BCUT2D eigenvalue weighted by atomic mass is 31.2. The molecule has 0 aliphatic rings. The maximum Gasteiger partial charge on any atom is 0.647 e. The predicted octanol–water partition coefficient (Wildman–Crippen LogP) is 15.7. The minimum Gasteiger partial charge on any atom is -0.386 e. The van der Waals surface area contributed by atoms with Crippen LogP contribution in [0.15, 0.2) is 54.6 Å². The van der Waals surface area contributed by atoms with Gasteiger partial charge in [0.2, 0.25) is 0 Å². The summed E-state index contributed by atoms with van der Waals surface area (Å²) in [6, 6.07) is 19.3. The molecule has 0 unspecified atom stereocenters. The Kier molecular flexibility index (Phi) is 22.1. The molecule has 0 bridgehead atoms. The molecule has 0 fully saturated rings. The zero-order valence-electron chi connectivity index (χ0n) is 34.7. The van der Waals surface area contributed by atoms with Gasteiger partial charge in [0.05, 0.1) is 0 Å². The van der Waals surface area contributed by atoms with E-state index < -0.39 is 7.82 Å². The Balaban J connectivity index is 2.09. The van der Waals surface area contributed by atoms with Crippen molar-refractivity contribution in [2.45, 2.75) is 196 Å². The third-order valence-corrected chi connectivity index (χ3v) is 11.6. The summed E-state index contributed by atoms with van der Waals surface area (Å²) >= 11 is 0. The highest BCUT2D eigenvalue weighted by molar-refractivity contribution is 7.49. The van der Waals surface area contributed by atoms with E-state index in [9.17, 15) is 0 Å². The summed E-state index contributed by atoms with van der Waals surface area (Å²) in [5, 5.41) is 0. The molecule has 0 radical (unpaired) electrons. The standard InChI is InChI=1S/C48H75O4P/c1-7-13-19-25-40-31-34-46(43(37-40)28-22-16-10-4)50-53(49,51-47-35-32-41(26-20-14-8-2)38-44(47)29-23-17-11-5)52-48-36-33-42(27-21-15-9-3)39-45(48)30-24-18-12-6/h31-39H,7-30H2,1-6H3. The summed E-state index contributed by atoms with van der Waals surface area (Å²) in [4.78, 5) is 0. The molecule has 5 heteroatoms. The normalized spacial score (nSPS) is 11.6. The van der Waals surface area contributed by atoms with Crippen LogP contribution in [0, 0.1) is 0 Å². The van der Waals surface area contributed by atoms with Crippen LogP contribution in [-0.4, -0.2) is 0 Å². The topological polar surface area (TPSA) is 44.8 Å². The maximum absolute atomic E-state index is 15.4. The molecule has 0 spiro atoms. The molecule has 4 nitrogen and oxygen atoms in total. The zero-order chi connectivity index (χ0) is 38.2. The fourth-order valence-electron chi connectivity index (χ4n) is 7.07. The van der Waals surface area contributed by atoms with Gasteiger partial charge in [0.25, 0.3) is 0 Å². The van der Waals surface area contributed by atoms with Gasteiger partial charge in [-0.1, -0.05) is 155 Å². The number of hydrogen-bond donors (Lipinski definition) is 0. The fraction of sp³-hybridized carbons (Fsp3) is 0.625. The molecule has 0 saturated carbocycles. The Morgan fingerprint density at radius 2 is 0.604 bits per heavy atom. The van der Waals surface area contributed by atoms with Gasteiger partial charge in [-0.25, -0.2) is 0 Å². The van der Waals surface area contributed by atoms with Gasteiger partial charge in [-0.3, -0.25) is 0 Å². The van der Waals surface area contributed by atoms with Crippen molar-refractivity contribution in [2.75, 3.05) is 0 Å². The lowest BCUT2D eigenvalue weighted by Gasteiger charge is -2.24. The summed E-state index contributed by atoms with van der Waals surface area (Å²) in [6.45, 7) is 13.4. The third kappa shape index (κ3) is 16.7. The van der Waals surface area contributed by atoms with E-state index in [1.807, 2.05) is 18.2 Å². The number of aryl methyl sites for hydroxylation is 6. The van der Waals surface area contributed by atoms with Crippen molar-refractivity contribution in [2.24, 2.45) is 0 Å². The Bertz CT molecular complexity index is 1310. The van der Waals surface area contributed by atoms with Crippen molar-refractivity contribution in [3.8, 4) is 17.2 Å². The first-order valence-corrected chi connectivity index (χ1v) is 23.4. The maximum atomic E-state index is 15.4. The molecule has 3 aromatic carbocycles. The molecule has 0 aromatic heterocycles. The summed E-state index contributed by atoms with van der Waals surface area (Å²) < 4.78 is 35.3. The average Bonchev–Trinajstić information content (AvgIpc) is 3.15. The van der Waals surface area contributed by atoms with Gasteiger partial charge in [0, 0.05) is 0 Å². The predicted molar refractivity (Wildman–Crippen MR) is 228 cm³/mol. The van der Waals surface area contributed by atoms with Crippen LogP contribution >= 0.6 is 7.82 Å². The summed E-state index contributed by atoms with van der Waals surface area (Å²) in [5.74, 6) is 1.82. The Hall–Kier alpha value is -2.71. The molecule has 0 aliphatic carbocycles. The van der Waals surface area contributed by atoms with E-state index in [1.54, 1.807) is 0 Å². The van der Waals surface area contributed by atoms with E-state index >= 15 is 4.57 Å². The SMILES string of the molecule is CCCCCc1ccc(OP(=O)(Oc2ccc(CCCCC)cc2CCCCC)Oc2ccc(CCCCC)cc2CCCCC)c(CCCCC)c1. The quantitative estimate of drug-likeness (QED) is 0.0503. The van der Waals surface area contributed by atoms with E-state index in [1.165, 1.54) is 74.5 Å². The van der Waals surface area contributed by atoms with Gasteiger partial charge >= 0.3 is 7.82 Å². The molecular formula is C48H75O4P. The number of rotatable bonds is 30. The average molecular weight is 747 g/mol. The molecular weight excluding hydrogens is 671 g/mol. The lowest BCUT2D eigenvalue weighted by Crippen LogP contribution is -2.11. The summed E-state index contributed by atoms with van der Waals surface area (Å²) in [5.41, 5.74) is 7.18. The second-order valence-electron chi connectivity index (χ2n) is 15.3. The first-order valence-electron chi connectivity index (χ1n) is 21.9. The van der Waals surface area contributed by atoms with Crippen molar-refractivity contribution < 1.29 is 18.1 Å². The van der Waals surface area contributed by atoms with Crippen LogP contribution in [0.25, 0.3) is 0 Å². The van der Waals surface area contributed by atoms with E-state index in [0.717, 1.165) is 113 Å². The second kappa shape index (κ2) is 26.2. The zero-order valence-corrected chi connectivity index (χ0v) is 35.6. The van der Waals surface area contributed by atoms with E-state index in [4.69, 9.17) is 13.6 Å². The highest BCUT2D eigenvalue weighted by Gasteiger charge is 2.36. The van der Waals surface area contributed by atoms with Crippen LogP contribution in [0.3, 0.4) is 0 Å². The Labute approximate surface area is 325 Å². The van der Waals surface area contributed by atoms with Crippen molar-refractivity contribution in [1.82, 2.24) is 0 Å². The van der Waals surface area contributed by atoms with Gasteiger partial charge in [0.1, 0.15) is 17.2 Å². The molecule has 3 aromatic rings. The van der Waals surface area contributed by atoms with Crippen molar-refractivity contribution in [3.63, 3.8) is 0 Å². The third-order valence-electron chi connectivity index (χ3n) is 10.4. The summed E-state index contributed by atoms with van der Waals surface area (Å²) in [6.07, 6.45) is 26.5. The minimum atomic E-state index is -4.21. The van der Waals surface area contributed by atoms with Crippen LogP contribution < -0.4 is 13.6 Å². The number of hydrogen-bond acceptors (Lipinski definition) is 4. The molecule has 0 aliphatic heterocycles. The van der Waals surface area contributed by atoms with Crippen molar-refractivity contribution in [1.29, 1.82) is 0 Å². The Morgan fingerprint density at radius 1 is 0.358 bits per heavy atom. The van der Waals surface area contributed by atoms with Crippen LogP contribution in [0.5, 0.6) is 17.2 Å². The van der Waals surface area contributed by atoms with Crippen molar-refractivity contribution in [3.05, 3.63) is 88.0 Å². The lowest BCUT2D eigenvalue weighted by molar-refractivity contribution is 0.295. The van der Waals surface area contributed by atoms with Gasteiger partial charge in [-0.2, -0.15) is 4.57 Å². The number of benzene rings is 3. The van der Waals surface area contributed by atoms with E-state index in [-0.39, 0.29) is 0 Å². The van der Waals surface area contributed by atoms with E-state index in [2.05, 4.69) is 77.9 Å². The molecule has 0 saturated heterocycles. The molecule has 0 N–H and O–H groups in total. The van der Waals surface area contributed by atoms with E-state index in [0.29, 0.717) is 17.2 Å². The number of unbranched alkanes of at least 4 members (excludes halogenated alkanes) is 12. The highest BCUT2D eigenvalue weighted by Crippen LogP contribution is 2.52. The smallest absolute Gasteiger partial charge is 0.386 e. The van der Waals surface area contributed by atoms with Crippen molar-refractivity contribution >= 4 is 7.82 Å². The van der Waals surface area contributed by atoms with Crippen LogP contribution in [0.1, 0.15) is 190 Å².